The number of aromatic nitrogens is 3. The standard InChI is InChI=1S/C12H14N4O2S/c1-2-8-3-5-9(6-4-8)16-11(13)14-15-12(16)19-7-10(17)18/h3-6H,2,7H2,1H3,(H2,13,14)(H,17,18). The fourth-order valence-corrected chi connectivity index (χ4v) is 2.30. The Morgan fingerprint density at radius 3 is 2.63 bits per heavy atom. The number of benzene rings is 1. The van der Waals surface area contributed by atoms with Gasteiger partial charge in [0, 0.05) is 0 Å². The minimum absolute atomic E-state index is 0.0782. The highest BCUT2D eigenvalue weighted by Gasteiger charge is 2.13. The smallest absolute Gasteiger partial charge is 0.313 e. The van der Waals surface area contributed by atoms with Crippen LogP contribution in [-0.2, 0) is 11.2 Å². The lowest BCUT2D eigenvalue weighted by Crippen LogP contribution is -2.04. The van der Waals surface area contributed by atoms with Gasteiger partial charge in [-0.05, 0) is 24.1 Å². The molecule has 0 atom stereocenters. The maximum atomic E-state index is 10.6. The molecule has 19 heavy (non-hydrogen) atoms. The number of nitrogens with two attached hydrogens (primary N) is 1. The Morgan fingerprint density at radius 1 is 1.37 bits per heavy atom. The molecular weight excluding hydrogens is 264 g/mol. The van der Waals surface area contributed by atoms with E-state index < -0.39 is 5.97 Å². The first-order valence-electron chi connectivity index (χ1n) is 5.76. The molecule has 2 rings (SSSR count). The Bertz CT molecular complexity index is 580. The number of carbonyl (C=O) groups is 1. The number of thioether (sulfide) groups is 1. The largest absolute Gasteiger partial charge is 0.481 e. The third-order valence-corrected chi connectivity index (χ3v) is 3.50. The monoisotopic (exact) mass is 278 g/mol. The average Bonchev–Trinajstić information content (AvgIpc) is 2.78. The molecule has 0 saturated carbocycles. The van der Waals surface area contributed by atoms with Gasteiger partial charge in [-0.15, -0.1) is 10.2 Å². The van der Waals surface area contributed by atoms with E-state index >= 15 is 0 Å². The van der Waals surface area contributed by atoms with Gasteiger partial charge in [0.2, 0.25) is 5.95 Å². The zero-order valence-electron chi connectivity index (χ0n) is 10.4. The Balaban J connectivity index is 2.31. The molecule has 6 nitrogen and oxygen atoms in total. The number of carboxylic acid groups (broad SMARTS) is 1. The van der Waals surface area contributed by atoms with Crippen LogP contribution in [0.3, 0.4) is 0 Å². The van der Waals surface area contributed by atoms with Crippen LogP contribution in [-0.4, -0.2) is 31.6 Å². The van der Waals surface area contributed by atoms with Gasteiger partial charge in [0.15, 0.2) is 5.16 Å². The van der Waals surface area contributed by atoms with Crippen molar-refractivity contribution in [3.63, 3.8) is 0 Å². The zero-order chi connectivity index (χ0) is 13.8. The summed E-state index contributed by atoms with van der Waals surface area (Å²) in [6.07, 6.45) is 0.957. The molecule has 100 valence electrons. The van der Waals surface area contributed by atoms with Gasteiger partial charge in [0.1, 0.15) is 0 Å². The lowest BCUT2D eigenvalue weighted by atomic mass is 10.1. The van der Waals surface area contributed by atoms with E-state index in [-0.39, 0.29) is 11.7 Å². The van der Waals surface area contributed by atoms with Gasteiger partial charge in [0.05, 0.1) is 11.4 Å². The molecule has 0 radical (unpaired) electrons. The minimum atomic E-state index is -0.903. The van der Waals surface area contributed by atoms with E-state index in [1.54, 1.807) is 4.57 Å². The molecule has 0 fully saturated rings. The average molecular weight is 278 g/mol. The van der Waals surface area contributed by atoms with Crippen molar-refractivity contribution in [3.8, 4) is 5.69 Å². The van der Waals surface area contributed by atoms with Crippen LogP contribution in [0.1, 0.15) is 12.5 Å². The van der Waals surface area contributed by atoms with Crippen LogP contribution in [0.15, 0.2) is 29.4 Å². The molecule has 1 aromatic carbocycles. The molecule has 0 amide bonds. The molecule has 1 heterocycles. The molecule has 0 aliphatic carbocycles. The third kappa shape index (κ3) is 3.05. The summed E-state index contributed by atoms with van der Waals surface area (Å²) in [6.45, 7) is 2.08. The second kappa shape index (κ2) is 5.75. The summed E-state index contributed by atoms with van der Waals surface area (Å²) in [5.74, 6) is -0.734. The predicted octanol–water partition coefficient (Wildman–Crippen LogP) is 1.59. The molecular formula is C12H14N4O2S. The highest BCUT2D eigenvalue weighted by atomic mass is 32.2. The van der Waals surface area contributed by atoms with Gasteiger partial charge in [-0.25, -0.2) is 0 Å². The third-order valence-electron chi connectivity index (χ3n) is 2.59. The molecule has 0 bridgehead atoms. The minimum Gasteiger partial charge on any atom is -0.481 e. The Labute approximate surface area is 114 Å². The van der Waals surface area contributed by atoms with Gasteiger partial charge in [-0.1, -0.05) is 30.8 Å². The number of nitrogen functional groups attached to an aromatic ring is 1. The molecule has 7 heteroatoms. The molecule has 1 aromatic heterocycles. The first kappa shape index (κ1) is 13.4. The number of aryl methyl sites for hydroxylation is 1. The van der Waals surface area contributed by atoms with Crippen molar-refractivity contribution in [2.45, 2.75) is 18.5 Å². The predicted molar refractivity (Wildman–Crippen MR) is 73.5 cm³/mol. The lowest BCUT2D eigenvalue weighted by molar-refractivity contribution is -0.133. The van der Waals surface area contributed by atoms with E-state index in [1.807, 2.05) is 24.3 Å². The van der Waals surface area contributed by atoms with E-state index in [4.69, 9.17) is 10.8 Å². The van der Waals surface area contributed by atoms with Crippen LogP contribution in [0.2, 0.25) is 0 Å². The molecule has 0 spiro atoms. The van der Waals surface area contributed by atoms with E-state index in [0.717, 1.165) is 23.9 Å². The molecule has 0 aliphatic heterocycles. The Morgan fingerprint density at radius 2 is 2.05 bits per heavy atom. The zero-order valence-corrected chi connectivity index (χ0v) is 11.2. The fourth-order valence-electron chi connectivity index (χ4n) is 1.62. The molecule has 2 aromatic rings. The SMILES string of the molecule is CCc1ccc(-n2c(N)nnc2SCC(=O)O)cc1. The second-order valence-electron chi connectivity index (χ2n) is 3.88. The van der Waals surface area contributed by atoms with Crippen LogP contribution < -0.4 is 5.73 Å². The van der Waals surface area contributed by atoms with E-state index in [1.165, 1.54) is 5.56 Å². The number of rotatable bonds is 5. The summed E-state index contributed by atoms with van der Waals surface area (Å²) in [5.41, 5.74) is 7.82. The molecule has 0 saturated heterocycles. The van der Waals surface area contributed by atoms with Crippen molar-refractivity contribution < 1.29 is 9.90 Å². The highest BCUT2D eigenvalue weighted by molar-refractivity contribution is 7.99. The number of hydrogen-bond donors (Lipinski definition) is 2. The molecule has 0 unspecified atom stereocenters. The quantitative estimate of drug-likeness (QED) is 0.807. The van der Waals surface area contributed by atoms with Crippen molar-refractivity contribution in [1.82, 2.24) is 14.8 Å². The number of carboxylic acids is 1. The van der Waals surface area contributed by atoms with Gasteiger partial charge in [0.25, 0.3) is 0 Å². The van der Waals surface area contributed by atoms with Gasteiger partial charge in [-0.3, -0.25) is 9.36 Å². The summed E-state index contributed by atoms with van der Waals surface area (Å²) >= 11 is 1.09. The first-order chi connectivity index (χ1) is 9.11. The summed E-state index contributed by atoms with van der Waals surface area (Å²) in [5, 5.41) is 16.9. The highest BCUT2D eigenvalue weighted by Crippen LogP contribution is 2.23. The number of hydrogen-bond acceptors (Lipinski definition) is 5. The summed E-state index contributed by atoms with van der Waals surface area (Å²) in [6, 6.07) is 7.84. The lowest BCUT2D eigenvalue weighted by Gasteiger charge is -2.07. The van der Waals surface area contributed by atoms with Gasteiger partial charge in [-0.2, -0.15) is 0 Å². The summed E-state index contributed by atoms with van der Waals surface area (Å²) < 4.78 is 1.65. The van der Waals surface area contributed by atoms with Crippen LogP contribution >= 0.6 is 11.8 Å². The topological polar surface area (TPSA) is 94.0 Å². The van der Waals surface area contributed by atoms with Crippen LogP contribution in [0, 0.1) is 0 Å². The molecule has 3 N–H and O–H groups in total. The first-order valence-corrected chi connectivity index (χ1v) is 6.75. The Kier molecular flexibility index (Phi) is 4.06. The maximum Gasteiger partial charge on any atom is 0.313 e. The number of anilines is 1. The van der Waals surface area contributed by atoms with Crippen molar-refractivity contribution >= 4 is 23.7 Å². The second-order valence-corrected chi connectivity index (χ2v) is 4.82. The Hall–Kier alpha value is -2.02. The van der Waals surface area contributed by atoms with Crippen molar-refractivity contribution in [3.05, 3.63) is 29.8 Å². The van der Waals surface area contributed by atoms with Crippen LogP contribution in [0.5, 0.6) is 0 Å². The van der Waals surface area contributed by atoms with Crippen molar-refractivity contribution in [1.29, 1.82) is 0 Å². The van der Waals surface area contributed by atoms with Crippen molar-refractivity contribution in [2.24, 2.45) is 0 Å². The van der Waals surface area contributed by atoms with Crippen molar-refractivity contribution in [2.75, 3.05) is 11.5 Å². The molecule has 0 aliphatic rings. The maximum absolute atomic E-state index is 10.6. The van der Waals surface area contributed by atoms with E-state index in [2.05, 4.69) is 17.1 Å². The summed E-state index contributed by atoms with van der Waals surface area (Å²) in [7, 11) is 0. The number of aliphatic carboxylic acids is 1. The van der Waals surface area contributed by atoms with Gasteiger partial charge < -0.3 is 10.8 Å². The van der Waals surface area contributed by atoms with Gasteiger partial charge >= 0.3 is 5.97 Å². The fraction of sp³-hybridized carbons (Fsp3) is 0.250. The normalized spacial score (nSPS) is 10.6. The van der Waals surface area contributed by atoms with Crippen LogP contribution in [0.25, 0.3) is 5.69 Å². The summed E-state index contributed by atoms with van der Waals surface area (Å²) in [4.78, 5) is 10.6. The van der Waals surface area contributed by atoms with E-state index in [9.17, 15) is 4.79 Å². The van der Waals surface area contributed by atoms with E-state index in [0.29, 0.717) is 5.16 Å². The number of nitrogens with zero attached hydrogens (tertiary/aromatic N) is 3. The van der Waals surface area contributed by atoms with Crippen LogP contribution in [0.4, 0.5) is 5.95 Å².